The number of aromatic hydroxyl groups is 1. The van der Waals surface area contributed by atoms with Crippen molar-refractivity contribution in [3.05, 3.63) is 136 Å². The molecule has 0 saturated carbocycles. The Morgan fingerprint density at radius 2 is 1.59 bits per heavy atom. The highest BCUT2D eigenvalue weighted by molar-refractivity contribution is 6.05. The third-order valence-electron chi connectivity index (χ3n) is 7.19. The molecule has 0 saturated heterocycles. The fourth-order valence-electron chi connectivity index (χ4n) is 5.12. The molecule has 0 heterocycles. The molecule has 4 aromatic carbocycles. The molecule has 0 fully saturated rings. The molecule has 2 aliphatic carbocycles. The molecule has 0 spiro atoms. The molecule has 196 valence electrons. The van der Waals surface area contributed by atoms with Crippen molar-refractivity contribution in [3.8, 4) is 5.75 Å². The fraction of sp³-hybridized carbons (Fsp3) is 0.152. The van der Waals surface area contributed by atoms with Crippen molar-refractivity contribution < 1.29 is 24.9 Å². The van der Waals surface area contributed by atoms with Crippen LogP contribution in [0.5, 0.6) is 5.75 Å². The van der Waals surface area contributed by atoms with Gasteiger partial charge in [0.1, 0.15) is 11.3 Å². The quantitative estimate of drug-likeness (QED) is 0.240. The average Bonchev–Trinajstić information content (AvgIpc) is 3.55. The number of rotatable bonds is 5. The van der Waals surface area contributed by atoms with E-state index in [9.17, 15) is 19.8 Å². The van der Waals surface area contributed by atoms with Crippen molar-refractivity contribution in [1.82, 2.24) is 0 Å². The third-order valence-corrected chi connectivity index (χ3v) is 7.19. The summed E-state index contributed by atoms with van der Waals surface area (Å²) in [5.74, 6) is -1.91. The van der Waals surface area contributed by atoms with Crippen LogP contribution in [0.2, 0.25) is 0 Å². The van der Waals surface area contributed by atoms with Crippen molar-refractivity contribution in [1.29, 1.82) is 0 Å². The molecule has 0 aliphatic heterocycles. The lowest BCUT2D eigenvalue weighted by molar-refractivity contribution is 0.0693. The summed E-state index contributed by atoms with van der Waals surface area (Å²) < 4.78 is 0. The molecule has 0 bridgehead atoms. The van der Waals surface area contributed by atoms with Gasteiger partial charge in [0.15, 0.2) is 0 Å². The van der Waals surface area contributed by atoms with E-state index in [1.807, 2.05) is 36.4 Å². The number of aliphatic hydroxyl groups excluding tert-OH is 1. The lowest BCUT2D eigenvalue weighted by atomic mass is 9.94. The second-order valence-corrected chi connectivity index (χ2v) is 9.81. The van der Waals surface area contributed by atoms with Crippen LogP contribution in [-0.4, -0.2) is 27.2 Å². The second-order valence-electron chi connectivity index (χ2n) is 9.81. The molecule has 6 rings (SSSR count). The number of carboxylic acids is 1. The van der Waals surface area contributed by atoms with E-state index < -0.39 is 12.1 Å². The summed E-state index contributed by atoms with van der Waals surface area (Å²) in [6, 6.07) is 27.4. The molecule has 4 N–H and O–H groups in total. The van der Waals surface area contributed by atoms with Gasteiger partial charge in [-0.3, -0.25) is 4.79 Å². The number of nitrogens with one attached hydrogen (secondary N) is 1. The van der Waals surface area contributed by atoms with E-state index in [4.69, 9.17) is 5.11 Å². The number of fused-ring (bicyclic) bond motifs is 2. The highest BCUT2D eigenvalue weighted by Crippen LogP contribution is 2.37. The molecular weight excluding hydrogens is 490 g/mol. The van der Waals surface area contributed by atoms with Gasteiger partial charge in [0, 0.05) is 11.3 Å². The molecular formula is C33H29NO5. The van der Waals surface area contributed by atoms with Gasteiger partial charge in [0.05, 0.1) is 6.10 Å². The number of hydrogen-bond donors (Lipinski definition) is 4. The highest BCUT2D eigenvalue weighted by Gasteiger charge is 2.30. The Balaban J connectivity index is 0.000000287. The van der Waals surface area contributed by atoms with E-state index in [2.05, 4.69) is 41.7 Å². The number of carboxylic acid groups (broad SMARTS) is 1. The summed E-state index contributed by atoms with van der Waals surface area (Å²) in [5.41, 5.74) is 6.48. The van der Waals surface area contributed by atoms with Crippen LogP contribution in [0.15, 0.2) is 97.1 Å². The van der Waals surface area contributed by atoms with Gasteiger partial charge in [-0.15, -0.1) is 0 Å². The Morgan fingerprint density at radius 3 is 2.31 bits per heavy atom. The lowest BCUT2D eigenvalue weighted by Gasteiger charge is -2.15. The first-order valence-corrected chi connectivity index (χ1v) is 12.9. The Kier molecular flexibility index (Phi) is 7.57. The zero-order valence-electron chi connectivity index (χ0n) is 21.2. The maximum atomic E-state index is 12.5. The van der Waals surface area contributed by atoms with Gasteiger partial charge >= 0.3 is 5.97 Å². The summed E-state index contributed by atoms with van der Waals surface area (Å²) >= 11 is 0. The Hall–Kier alpha value is -4.68. The Morgan fingerprint density at radius 1 is 0.872 bits per heavy atom. The number of aromatic carboxylic acids is 1. The first kappa shape index (κ1) is 25.9. The van der Waals surface area contributed by atoms with Crippen LogP contribution in [0.1, 0.15) is 54.6 Å². The largest absolute Gasteiger partial charge is 0.507 e. The van der Waals surface area contributed by atoms with Crippen molar-refractivity contribution in [2.45, 2.75) is 25.4 Å². The van der Waals surface area contributed by atoms with Gasteiger partial charge in [-0.25, -0.2) is 4.79 Å². The van der Waals surface area contributed by atoms with E-state index in [0.717, 1.165) is 24.0 Å². The predicted molar refractivity (Wildman–Crippen MR) is 151 cm³/mol. The number of allylic oxidation sites excluding steroid dienone is 1. The van der Waals surface area contributed by atoms with Gasteiger partial charge in [-0.1, -0.05) is 72.8 Å². The molecule has 2 aliphatic rings. The zero-order valence-corrected chi connectivity index (χ0v) is 21.2. The van der Waals surface area contributed by atoms with Crippen molar-refractivity contribution >= 4 is 23.6 Å². The molecule has 0 aromatic heterocycles. The van der Waals surface area contributed by atoms with Gasteiger partial charge in [0.25, 0.3) is 5.91 Å². The predicted octanol–water partition coefficient (Wildman–Crippen LogP) is 6.05. The minimum absolute atomic E-state index is 0.105. The van der Waals surface area contributed by atoms with Gasteiger partial charge in [0.2, 0.25) is 0 Å². The van der Waals surface area contributed by atoms with Crippen molar-refractivity contribution in [2.24, 2.45) is 5.92 Å². The van der Waals surface area contributed by atoms with Crippen LogP contribution >= 0.6 is 0 Å². The second kappa shape index (κ2) is 11.4. The fourth-order valence-corrected chi connectivity index (χ4v) is 5.12. The standard InChI is InChI=1S/C24H21NO5.C9H8/c26-21-10-9-18(13-20(21)24(29)30)25-23(28)15-7-5-14(6-8-15)11-17-12-16-3-1-2-4-19(16)22(17)27;1-2-5-9-7-3-6-8(9)4-1/h1-10,13,17,22,26-27H,11-12H2,(H,25,28)(H,29,30);1-6H,7H2/t17-,22?;/m1./s1. The molecule has 4 aromatic rings. The Bertz CT molecular complexity index is 1540. The van der Waals surface area contributed by atoms with E-state index in [1.165, 1.54) is 34.9 Å². The number of hydrogen-bond acceptors (Lipinski definition) is 4. The minimum atomic E-state index is -1.27. The third kappa shape index (κ3) is 5.92. The van der Waals surface area contributed by atoms with Gasteiger partial charge in [-0.05, 0) is 83.3 Å². The molecule has 1 amide bonds. The number of anilines is 1. The maximum Gasteiger partial charge on any atom is 0.339 e. The minimum Gasteiger partial charge on any atom is -0.507 e. The first-order valence-electron chi connectivity index (χ1n) is 12.9. The number of carbonyl (C=O) groups excluding carboxylic acids is 1. The number of amides is 1. The maximum absolute atomic E-state index is 12.5. The molecule has 2 atom stereocenters. The number of carbonyl (C=O) groups is 2. The topological polar surface area (TPSA) is 107 Å². The van der Waals surface area contributed by atoms with Gasteiger partial charge < -0.3 is 20.6 Å². The summed E-state index contributed by atoms with van der Waals surface area (Å²) in [5, 5.41) is 31.8. The highest BCUT2D eigenvalue weighted by atomic mass is 16.4. The van der Waals surface area contributed by atoms with Crippen LogP contribution in [-0.2, 0) is 19.3 Å². The van der Waals surface area contributed by atoms with E-state index in [0.29, 0.717) is 12.0 Å². The van der Waals surface area contributed by atoms with Crippen LogP contribution in [0.25, 0.3) is 6.08 Å². The van der Waals surface area contributed by atoms with Crippen LogP contribution in [0.4, 0.5) is 5.69 Å². The molecule has 0 radical (unpaired) electrons. The molecule has 6 heteroatoms. The summed E-state index contributed by atoms with van der Waals surface area (Å²) in [6.45, 7) is 0. The van der Waals surface area contributed by atoms with E-state index >= 15 is 0 Å². The smallest absolute Gasteiger partial charge is 0.339 e. The monoisotopic (exact) mass is 519 g/mol. The lowest BCUT2D eigenvalue weighted by Crippen LogP contribution is -2.13. The van der Waals surface area contributed by atoms with Crippen LogP contribution < -0.4 is 5.32 Å². The van der Waals surface area contributed by atoms with Gasteiger partial charge in [-0.2, -0.15) is 0 Å². The summed E-state index contributed by atoms with van der Waals surface area (Å²) in [4.78, 5) is 23.6. The average molecular weight is 520 g/mol. The number of benzene rings is 4. The van der Waals surface area contributed by atoms with Crippen LogP contribution in [0, 0.1) is 5.92 Å². The van der Waals surface area contributed by atoms with E-state index in [1.54, 1.807) is 12.1 Å². The molecule has 39 heavy (non-hydrogen) atoms. The van der Waals surface area contributed by atoms with E-state index in [-0.39, 0.29) is 28.8 Å². The summed E-state index contributed by atoms with van der Waals surface area (Å²) in [6.07, 6.45) is 6.54. The zero-order chi connectivity index (χ0) is 27.4. The molecule has 6 nitrogen and oxygen atoms in total. The SMILES string of the molecule is C1=Cc2ccccc2C1.O=C(Nc1ccc(O)c(C(=O)O)c1)c1ccc(C[C@@H]2Cc3ccccc3C2O)cc1. The number of aliphatic hydroxyl groups is 1. The first-order chi connectivity index (χ1) is 18.9. The summed E-state index contributed by atoms with van der Waals surface area (Å²) in [7, 11) is 0. The Labute approximate surface area is 226 Å². The van der Waals surface area contributed by atoms with Crippen molar-refractivity contribution in [2.75, 3.05) is 5.32 Å². The number of phenols is 1. The molecule has 1 unspecified atom stereocenters. The van der Waals surface area contributed by atoms with Crippen molar-refractivity contribution in [3.63, 3.8) is 0 Å². The normalized spacial score (nSPS) is 16.5. The van der Waals surface area contributed by atoms with Crippen LogP contribution in [0.3, 0.4) is 0 Å².